The van der Waals surface area contributed by atoms with Crippen LogP contribution >= 0.6 is 11.6 Å². The summed E-state index contributed by atoms with van der Waals surface area (Å²) in [5.74, 6) is 0. The summed E-state index contributed by atoms with van der Waals surface area (Å²) in [6.45, 7) is 3.85. The third-order valence-electron chi connectivity index (χ3n) is 1.70. The number of aryl methyl sites for hydroxylation is 2. The van der Waals surface area contributed by atoms with Gasteiger partial charge in [-0.2, -0.15) is 5.10 Å². The van der Waals surface area contributed by atoms with E-state index in [0.717, 1.165) is 30.2 Å². The average molecular weight is 188 g/mol. The molecular formula is C8H14ClN3. The van der Waals surface area contributed by atoms with E-state index in [-0.39, 0.29) is 0 Å². The number of halogens is 1. The topological polar surface area (TPSA) is 29.9 Å². The molecule has 0 radical (unpaired) electrons. The molecule has 0 fully saturated rings. The molecule has 1 aromatic rings. The molecule has 0 aliphatic rings. The second-order valence-electron chi connectivity index (χ2n) is 2.78. The largest absolute Gasteiger partial charge is 0.320 e. The van der Waals surface area contributed by atoms with Crippen LogP contribution in [-0.2, 0) is 6.54 Å². The van der Waals surface area contributed by atoms with Gasteiger partial charge in [-0.05, 0) is 26.9 Å². The lowest BCUT2D eigenvalue weighted by atomic mass is 10.4. The van der Waals surface area contributed by atoms with Crippen LogP contribution in [0.2, 0.25) is 5.02 Å². The van der Waals surface area contributed by atoms with Crippen molar-refractivity contribution in [1.29, 1.82) is 0 Å². The van der Waals surface area contributed by atoms with Gasteiger partial charge in [0.1, 0.15) is 0 Å². The van der Waals surface area contributed by atoms with E-state index in [4.69, 9.17) is 11.6 Å². The molecular weight excluding hydrogens is 174 g/mol. The smallest absolute Gasteiger partial charge is 0.0814 e. The number of rotatable bonds is 4. The number of nitrogens with one attached hydrogen (secondary N) is 1. The summed E-state index contributed by atoms with van der Waals surface area (Å²) < 4.78 is 1.88. The summed E-state index contributed by atoms with van der Waals surface area (Å²) in [4.78, 5) is 0. The van der Waals surface area contributed by atoms with Gasteiger partial charge in [0.2, 0.25) is 0 Å². The number of hydrogen-bond acceptors (Lipinski definition) is 2. The molecule has 0 bridgehead atoms. The summed E-state index contributed by atoms with van der Waals surface area (Å²) in [7, 11) is 1.95. The summed E-state index contributed by atoms with van der Waals surface area (Å²) in [6, 6.07) is 0. The highest BCUT2D eigenvalue weighted by molar-refractivity contribution is 6.31. The van der Waals surface area contributed by atoms with E-state index < -0.39 is 0 Å². The van der Waals surface area contributed by atoms with E-state index in [1.807, 2.05) is 24.9 Å². The predicted octanol–water partition coefficient (Wildman–Crippen LogP) is 1.45. The fourth-order valence-electron chi connectivity index (χ4n) is 1.03. The van der Waals surface area contributed by atoms with Crippen LogP contribution in [0.25, 0.3) is 0 Å². The lowest BCUT2D eigenvalue weighted by Crippen LogP contribution is -2.11. The molecule has 0 atom stereocenters. The van der Waals surface area contributed by atoms with Gasteiger partial charge in [0.15, 0.2) is 0 Å². The van der Waals surface area contributed by atoms with E-state index in [0.29, 0.717) is 0 Å². The van der Waals surface area contributed by atoms with Gasteiger partial charge < -0.3 is 5.32 Å². The first-order chi connectivity index (χ1) is 5.74. The van der Waals surface area contributed by atoms with Crippen molar-refractivity contribution in [3.8, 4) is 0 Å². The number of aromatic nitrogens is 2. The summed E-state index contributed by atoms with van der Waals surface area (Å²) in [6.07, 6.45) is 2.94. The standard InChI is InChI=1S/C8H14ClN3/c1-7-8(9)6-12(11-7)5-3-4-10-2/h6,10H,3-5H2,1-2H3. The van der Waals surface area contributed by atoms with E-state index in [9.17, 15) is 0 Å². The maximum absolute atomic E-state index is 5.84. The zero-order valence-corrected chi connectivity index (χ0v) is 8.23. The van der Waals surface area contributed by atoms with Crippen molar-refractivity contribution in [2.45, 2.75) is 19.9 Å². The van der Waals surface area contributed by atoms with Gasteiger partial charge in [-0.3, -0.25) is 4.68 Å². The molecule has 12 heavy (non-hydrogen) atoms. The van der Waals surface area contributed by atoms with E-state index in [1.165, 1.54) is 0 Å². The highest BCUT2D eigenvalue weighted by Gasteiger charge is 2.00. The Morgan fingerprint density at radius 2 is 2.42 bits per heavy atom. The Hall–Kier alpha value is -0.540. The van der Waals surface area contributed by atoms with E-state index in [1.54, 1.807) is 0 Å². The maximum atomic E-state index is 5.84. The highest BCUT2D eigenvalue weighted by Crippen LogP contribution is 2.11. The molecule has 0 amide bonds. The van der Waals surface area contributed by atoms with Gasteiger partial charge in [-0.1, -0.05) is 11.6 Å². The van der Waals surface area contributed by atoms with Crippen LogP contribution < -0.4 is 5.32 Å². The minimum Gasteiger partial charge on any atom is -0.320 e. The van der Waals surface area contributed by atoms with Gasteiger partial charge >= 0.3 is 0 Å². The highest BCUT2D eigenvalue weighted by atomic mass is 35.5. The fourth-order valence-corrected chi connectivity index (χ4v) is 1.18. The lowest BCUT2D eigenvalue weighted by Gasteiger charge is -1.99. The van der Waals surface area contributed by atoms with E-state index in [2.05, 4.69) is 10.4 Å². The predicted molar refractivity (Wildman–Crippen MR) is 50.5 cm³/mol. The van der Waals surface area contributed by atoms with Crippen molar-refractivity contribution in [2.24, 2.45) is 0 Å². The number of nitrogens with zero attached hydrogens (tertiary/aromatic N) is 2. The van der Waals surface area contributed by atoms with E-state index >= 15 is 0 Å². The van der Waals surface area contributed by atoms with Crippen LogP contribution in [0, 0.1) is 6.92 Å². The molecule has 0 aromatic carbocycles. The number of hydrogen-bond donors (Lipinski definition) is 1. The molecule has 0 spiro atoms. The first-order valence-corrected chi connectivity index (χ1v) is 4.46. The van der Waals surface area contributed by atoms with Crippen LogP contribution in [0.4, 0.5) is 0 Å². The molecule has 1 heterocycles. The second-order valence-corrected chi connectivity index (χ2v) is 3.19. The van der Waals surface area contributed by atoms with Crippen LogP contribution in [0.1, 0.15) is 12.1 Å². The van der Waals surface area contributed by atoms with Gasteiger partial charge in [0.25, 0.3) is 0 Å². The molecule has 1 aromatic heterocycles. The minimum absolute atomic E-state index is 0.749. The minimum atomic E-state index is 0.749. The van der Waals surface area contributed by atoms with Crippen LogP contribution in [0.15, 0.2) is 6.20 Å². The van der Waals surface area contributed by atoms with Gasteiger partial charge in [-0.25, -0.2) is 0 Å². The Morgan fingerprint density at radius 3 is 2.92 bits per heavy atom. The quantitative estimate of drug-likeness (QED) is 0.724. The normalized spacial score (nSPS) is 10.6. The van der Waals surface area contributed by atoms with Crippen LogP contribution in [0.5, 0.6) is 0 Å². The molecule has 0 aliphatic heterocycles. The monoisotopic (exact) mass is 187 g/mol. The van der Waals surface area contributed by atoms with Crippen molar-refractivity contribution in [3.05, 3.63) is 16.9 Å². The Bertz CT molecular complexity index is 225. The summed E-state index contributed by atoms with van der Waals surface area (Å²) in [5, 5.41) is 8.07. The molecule has 1 N–H and O–H groups in total. The zero-order valence-electron chi connectivity index (χ0n) is 7.47. The zero-order chi connectivity index (χ0) is 8.97. The maximum Gasteiger partial charge on any atom is 0.0814 e. The van der Waals surface area contributed by atoms with Crippen molar-refractivity contribution >= 4 is 11.6 Å². The first kappa shape index (κ1) is 9.55. The Morgan fingerprint density at radius 1 is 1.67 bits per heavy atom. The van der Waals surface area contributed by atoms with Crippen LogP contribution in [-0.4, -0.2) is 23.4 Å². The molecule has 3 nitrogen and oxygen atoms in total. The van der Waals surface area contributed by atoms with Gasteiger partial charge in [0.05, 0.1) is 10.7 Å². The summed E-state index contributed by atoms with van der Waals surface area (Å²) in [5.41, 5.74) is 0.904. The summed E-state index contributed by atoms with van der Waals surface area (Å²) >= 11 is 5.84. The molecule has 0 saturated heterocycles. The van der Waals surface area contributed by atoms with Crippen LogP contribution in [0.3, 0.4) is 0 Å². The SMILES string of the molecule is CNCCCn1cc(Cl)c(C)n1. The average Bonchev–Trinajstić information content (AvgIpc) is 2.32. The van der Waals surface area contributed by atoms with Crippen molar-refractivity contribution < 1.29 is 0 Å². The molecule has 1 rings (SSSR count). The molecule has 0 aliphatic carbocycles. The van der Waals surface area contributed by atoms with Crippen molar-refractivity contribution in [1.82, 2.24) is 15.1 Å². The lowest BCUT2D eigenvalue weighted by molar-refractivity contribution is 0.559. The molecule has 68 valence electrons. The molecule has 0 unspecified atom stereocenters. The second kappa shape index (κ2) is 4.48. The van der Waals surface area contributed by atoms with Gasteiger partial charge in [-0.15, -0.1) is 0 Å². The van der Waals surface area contributed by atoms with Gasteiger partial charge in [0, 0.05) is 12.7 Å². The molecule has 4 heteroatoms. The van der Waals surface area contributed by atoms with Crippen molar-refractivity contribution in [3.63, 3.8) is 0 Å². The third-order valence-corrected chi connectivity index (χ3v) is 2.07. The molecule has 0 saturated carbocycles. The van der Waals surface area contributed by atoms with Crippen molar-refractivity contribution in [2.75, 3.05) is 13.6 Å². The Kier molecular flexibility index (Phi) is 3.56. The Balaban J connectivity index is 2.42. The first-order valence-electron chi connectivity index (χ1n) is 4.08. The third kappa shape index (κ3) is 2.50. The Labute approximate surface area is 77.7 Å². The fraction of sp³-hybridized carbons (Fsp3) is 0.625.